The molecule has 0 unspecified atom stereocenters. The van der Waals surface area contributed by atoms with Crippen LogP contribution in [0, 0.1) is 4.91 Å². The summed E-state index contributed by atoms with van der Waals surface area (Å²) < 4.78 is 0. The zero-order valence-electron chi connectivity index (χ0n) is 4.74. The van der Waals surface area contributed by atoms with E-state index in [-0.39, 0.29) is 5.48 Å². The summed E-state index contributed by atoms with van der Waals surface area (Å²) in [6.45, 7) is 0. The molecule has 0 amide bonds. The molecule has 0 bridgehead atoms. The van der Waals surface area contributed by atoms with Crippen molar-refractivity contribution in [1.29, 1.82) is 0 Å². The van der Waals surface area contributed by atoms with Crippen LogP contribution in [0.1, 0.15) is 0 Å². The van der Waals surface area contributed by atoms with Crippen LogP contribution >= 0.6 is 0 Å². The van der Waals surface area contributed by atoms with Gasteiger partial charge in [0, 0.05) is 0 Å². The molecule has 2 N–H and O–H groups in total. The van der Waals surface area contributed by atoms with Crippen molar-refractivity contribution in [2.45, 2.75) is 0 Å². The van der Waals surface area contributed by atoms with E-state index in [1.165, 1.54) is 0 Å². The Morgan fingerprint density at radius 2 is 1.67 bits per heavy atom. The topological polar surface area (TPSA) is 60.9 Å². The molecule has 9 heavy (non-hydrogen) atoms. The lowest BCUT2D eigenvalue weighted by Crippen LogP contribution is -1.56. The standard InChI is InChI=1S/C6H5NO.H2O/c8-7-6-4-2-1-3-5-6;/h1-5H;1H2. The van der Waals surface area contributed by atoms with Crippen molar-refractivity contribution in [2.75, 3.05) is 0 Å². The Kier molecular flexibility index (Phi) is 3.23. The fraction of sp³-hybridized carbons (Fsp3) is 0. The molecule has 0 aliphatic carbocycles. The van der Waals surface area contributed by atoms with Crippen LogP contribution in [0.5, 0.6) is 0 Å². The molecule has 0 heterocycles. The highest BCUT2D eigenvalue weighted by Gasteiger charge is 1.81. The molecular formula is C6H7NO2. The average molecular weight is 125 g/mol. The van der Waals surface area contributed by atoms with Gasteiger partial charge in [-0.15, -0.1) is 4.91 Å². The second-order valence-electron chi connectivity index (χ2n) is 1.43. The molecule has 1 aromatic rings. The molecule has 3 nitrogen and oxygen atoms in total. The normalized spacial score (nSPS) is 7.56. The maximum atomic E-state index is 9.76. The van der Waals surface area contributed by atoms with Crippen molar-refractivity contribution in [3.8, 4) is 0 Å². The Bertz CT molecular complexity index is 174. The minimum atomic E-state index is 0. The average Bonchev–Trinajstić information content (AvgIpc) is 1.90. The number of nitroso groups, excluding NO2 is 1. The highest BCUT2D eigenvalue weighted by Crippen LogP contribution is 2.07. The van der Waals surface area contributed by atoms with Gasteiger partial charge in [0.15, 0.2) is 0 Å². The van der Waals surface area contributed by atoms with Gasteiger partial charge < -0.3 is 5.48 Å². The van der Waals surface area contributed by atoms with Crippen molar-refractivity contribution >= 4 is 5.69 Å². The molecular weight excluding hydrogens is 118 g/mol. The van der Waals surface area contributed by atoms with Crippen LogP contribution in [0.4, 0.5) is 5.69 Å². The predicted octanol–water partition coefficient (Wildman–Crippen LogP) is 1.26. The van der Waals surface area contributed by atoms with Gasteiger partial charge in [0.05, 0.1) is 0 Å². The third-order valence-electron chi connectivity index (χ3n) is 0.862. The Morgan fingerprint density at radius 1 is 1.11 bits per heavy atom. The highest BCUT2D eigenvalue weighted by atomic mass is 16.3. The molecule has 0 fully saturated rings. The van der Waals surface area contributed by atoms with Gasteiger partial charge in [-0.3, -0.25) is 0 Å². The summed E-state index contributed by atoms with van der Waals surface area (Å²) in [5.74, 6) is 0. The highest BCUT2D eigenvalue weighted by molar-refractivity contribution is 5.34. The molecule has 0 saturated carbocycles. The number of rotatable bonds is 1. The van der Waals surface area contributed by atoms with Crippen LogP contribution in [0.25, 0.3) is 0 Å². The van der Waals surface area contributed by atoms with Crippen molar-refractivity contribution in [3.63, 3.8) is 0 Å². The smallest absolute Gasteiger partial charge is 0.107 e. The maximum absolute atomic E-state index is 9.76. The maximum Gasteiger partial charge on any atom is 0.107 e. The molecule has 0 radical (unpaired) electrons. The van der Waals surface area contributed by atoms with Gasteiger partial charge in [-0.2, -0.15) is 0 Å². The number of nitrogens with zero attached hydrogens (tertiary/aromatic N) is 1. The monoisotopic (exact) mass is 125 g/mol. The van der Waals surface area contributed by atoms with Crippen molar-refractivity contribution in [2.24, 2.45) is 5.18 Å². The fourth-order valence-electron chi connectivity index (χ4n) is 0.489. The van der Waals surface area contributed by atoms with E-state index in [9.17, 15) is 4.91 Å². The van der Waals surface area contributed by atoms with Gasteiger partial charge in [0.25, 0.3) is 0 Å². The van der Waals surface area contributed by atoms with Crippen molar-refractivity contribution < 1.29 is 5.48 Å². The molecule has 3 heteroatoms. The van der Waals surface area contributed by atoms with Crippen LogP contribution in [0.3, 0.4) is 0 Å². The summed E-state index contributed by atoms with van der Waals surface area (Å²) in [7, 11) is 0. The van der Waals surface area contributed by atoms with Crippen LogP contribution in [0.15, 0.2) is 35.5 Å². The SMILES string of the molecule is O.O=Nc1ccccc1. The van der Waals surface area contributed by atoms with Crippen LogP contribution in [-0.2, 0) is 0 Å². The molecule has 1 rings (SSSR count). The summed E-state index contributed by atoms with van der Waals surface area (Å²) in [6.07, 6.45) is 0. The predicted molar refractivity (Wildman–Crippen MR) is 35.5 cm³/mol. The van der Waals surface area contributed by atoms with Gasteiger partial charge >= 0.3 is 0 Å². The number of hydrogen-bond acceptors (Lipinski definition) is 2. The summed E-state index contributed by atoms with van der Waals surface area (Å²) in [6, 6.07) is 8.71. The first kappa shape index (κ1) is 7.78. The Balaban J connectivity index is 0.000000640. The van der Waals surface area contributed by atoms with E-state index in [1.807, 2.05) is 6.07 Å². The lowest BCUT2D eigenvalue weighted by Gasteiger charge is -1.80. The van der Waals surface area contributed by atoms with Crippen molar-refractivity contribution in [3.05, 3.63) is 35.2 Å². The largest absolute Gasteiger partial charge is 0.412 e. The van der Waals surface area contributed by atoms with E-state index < -0.39 is 0 Å². The summed E-state index contributed by atoms with van der Waals surface area (Å²) in [5, 5.41) is 2.72. The Hall–Kier alpha value is -1.22. The summed E-state index contributed by atoms with van der Waals surface area (Å²) in [5.41, 5.74) is 0.479. The van der Waals surface area contributed by atoms with E-state index in [0.29, 0.717) is 5.69 Å². The second-order valence-corrected chi connectivity index (χ2v) is 1.43. The molecule has 0 aliphatic heterocycles. The molecule has 0 spiro atoms. The van der Waals surface area contributed by atoms with E-state index in [1.54, 1.807) is 24.3 Å². The van der Waals surface area contributed by atoms with Gasteiger partial charge in [-0.1, -0.05) is 18.2 Å². The second kappa shape index (κ2) is 3.74. The first-order chi connectivity index (χ1) is 3.93. The lowest BCUT2D eigenvalue weighted by atomic mass is 10.3. The fourth-order valence-corrected chi connectivity index (χ4v) is 0.489. The van der Waals surface area contributed by atoms with Gasteiger partial charge in [0.1, 0.15) is 5.69 Å². The zero-order chi connectivity index (χ0) is 5.82. The van der Waals surface area contributed by atoms with E-state index in [4.69, 9.17) is 0 Å². The third kappa shape index (κ3) is 2.01. The lowest BCUT2D eigenvalue weighted by molar-refractivity contribution is 0.824. The minimum absolute atomic E-state index is 0. The third-order valence-corrected chi connectivity index (χ3v) is 0.862. The minimum Gasteiger partial charge on any atom is -0.412 e. The first-order valence-corrected chi connectivity index (χ1v) is 2.32. The first-order valence-electron chi connectivity index (χ1n) is 2.32. The molecule has 1 aromatic carbocycles. The molecule has 0 aromatic heterocycles. The van der Waals surface area contributed by atoms with E-state index in [0.717, 1.165) is 0 Å². The zero-order valence-corrected chi connectivity index (χ0v) is 4.74. The van der Waals surface area contributed by atoms with Gasteiger partial charge in [-0.25, -0.2) is 0 Å². The molecule has 0 atom stereocenters. The van der Waals surface area contributed by atoms with Gasteiger partial charge in [0.2, 0.25) is 0 Å². The number of benzene rings is 1. The molecule has 48 valence electrons. The van der Waals surface area contributed by atoms with Crippen molar-refractivity contribution in [1.82, 2.24) is 0 Å². The molecule has 0 aliphatic rings. The van der Waals surface area contributed by atoms with Gasteiger partial charge in [-0.05, 0) is 17.3 Å². The van der Waals surface area contributed by atoms with Crippen LogP contribution in [-0.4, -0.2) is 5.48 Å². The number of hydrogen-bond donors (Lipinski definition) is 0. The quantitative estimate of drug-likeness (QED) is 0.521. The molecule has 0 saturated heterocycles. The summed E-state index contributed by atoms with van der Waals surface area (Å²) >= 11 is 0. The Labute approximate surface area is 52.6 Å². The Morgan fingerprint density at radius 3 is 2.00 bits per heavy atom. The van der Waals surface area contributed by atoms with E-state index >= 15 is 0 Å². The van der Waals surface area contributed by atoms with Crippen LogP contribution < -0.4 is 0 Å². The van der Waals surface area contributed by atoms with E-state index in [2.05, 4.69) is 5.18 Å². The summed E-state index contributed by atoms with van der Waals surface area (Å²) in [4.78, 5) is 9.76. The van der Waals surface area contributed by atoms with Crippen LogP contribution in [0.2, 0.25) is 0 Å².